The summed E-state index contributed by atoms with van der Waals surface area (Å²) in [6, 6.07) is 15.6. The van der Waals surface area contributed by atoms with Gasteiger partial charge in [-0.3, -0.25) is 14.2 Å². The fourth-order valence-corrected chi connectivity index (χ4v) is 3.53. The van der Waals surface area contributed by atoms with E-state index < -0.39 is 0 Å². The third kappa shape index (κ3) is 4.26. The van der Waals surface area contributed by atoms with E-state index in [2.05, 4.69) is 10.3 Å². The maximum absolute atomic E-state index is 13.2. The van der Waals surface area contributed by atoms with Gasteiger partial charge in [0.15, 0.2) is 0 Å². The van der Waals surface area contributed by atoms with Gasteiger partial charge >= 0.3 is 0 Å². The second kappa shape index (κ2) is 8.55. The Morgan fingerprint density at radius 1 is 1.10 bits per heavy atom. The van der Waals surface area contributed by atoms with Gasteiger partial charge in [-0.15, -0.1) is 0 Å². The topological polar surface area (TPSA) is 68.9 Å². The Morgan fingerprint density at radius 3 is 2.48 bits per heavy atom. The molecule has 0 aliphatic heterocycles. The van der Waals surface area contributed by atoms with Crippen molar-refractivity contribution in [3.8, 4) is 11.1 Å². The number of hydrogen-bond acceptors (Lipinski definition) is 3. The van der Waals surface area contributed by atoms with Crippen LogP contribution in [0.4, 0.5) is 4.39 Å². The molecule has 2 aromatic heterocycles. The van der Waals surface area contributed by atoms with Crippen LogP contribution in [0.25, 0.3) is 22.2 Å². The molecule has 0 bridgehead atoms. The minimum atomic E-state index is -0.323. The maximum atomic E-state index is 13.2. The summed E-state index contributed by atoms with van der Waals surface area (Å²) in [5.41, 5.74) is 3.29. The highest BCUT2D eigenvalue weighted by Gasteiger charge is 2.18. The van der Waals surface area contributed by atoms with Crippen molar-refractivity contribution >= 4 is 16.9 Å². The van der Waals surface area contributed by atoms with Gasteiger partial charge in [0.25, 0.3) is 5.56 Å². The highest BCUT2D eigenvalue weighted by atomic mass is 19.1. The van der Waals surface area contributed by atoms with Gasteiger partial charge in [-0.2, -0.15) is 0 Å². The first kappa shape index (κ1) is 20.5. The number of hydrogen-bond donors (Lipinski definition) is 1. The van der Waals surface area contributed by atoms with Crippen molar-refractivity contribution in [1.82, 2.24) is 19.4 Å². The summed E-state index contributed by atoms with van der Waals surface area (Å²) in [6.45, 7) is 4.08. The molecule has 2 heterocycles. The lowest BCUT2D eigenvalue weighted by molar-refractivity contribution is -0.121. The number of halogens is 1. The highest BCUT2D eigenvalue weighted by Crippen LogP contribution is 2.27. The molecule has 1 amide bonds. The molecule has 0 saturated carbocycles. The molecule has 0 radical (unpaired) electrons. The molecule has 4 aromatic rings. The van der Waals surface area contributed by atoms with E-state index in [4.69, 9.17) is 0 Å². The van der Waals surface area contributed by atoms with Crippen molar-refractivity contribution in [2.75, 3.05) is 0 Å². The van der Waals surface area contributed by atoms with E-state index in [1.807, 2.05) is 44.2 Å². The minimum Gasteiger partial charge on any atom is -0.350 e. The summed E-state index contributed by atoms with van der Waals surface area (Å²) in [6.07, 6.45) is 3.36. The third-order valence-corrected chi connectivity index (χ3v) is 5.16. The summed E-state index contributed by atoms with van der Waals surface area (Å²) >= 11 is 0. The summed E-state index contributed by atoms with van der Waals surface area (Å²) in [5, 5.41) is 2.83. The first-order chi connectivity index (χ1) is 14.9. The molecule has 0 aliphatic carbocycles. The number of benzene rings is 2. The Labute approximate surface area is 179 Å². The van der Waals surface area contributed by atoms with E-state index in [0.29, 0.717) is 11.0 Å². The predicted octanol–water partition coefficient (Wildman–Crippen LogP) is 3.90. The molecular weight excluding hydrogens is 395 g/mol. The molecule has 1 N–H and O–H groups in total. The average Bonchev–Trinajstić information content (AvgIpc) is 3.13. The van der Waals surface area contributed by atoms with Crippen LogP contribution >= 0.6 is 0 Å². The van der Waals surface area contributed by atoms with Gasteiger partial charge in [-0.1, -0.05) is 42.5 Å². The molecule has 31 heavy (non-hydrogen) atoms. The highest BCUT2D eigenvalue weighted by molar-refractivity contribution is 5.93. The van der Waals surface area contributed by atoms with Crippen LogP contribution in [-0.4, -0.2) is 20.0 Å². The fraction of sp³-hybridized carbons (Fsp3) is 0.208. The Balaban J connectivity index is 1.68. The molecule has 4 rings (SSSR count). The van der Waals surface area contributed by atoms with Gasteiger partial charge in [0, 0.05) is 24.3 Å². The standard InChI is InChI=1S/C24H23FN4O2/c1-16(2)29-15-27-22-20(18-6-4-3-5-7-18)13-28(23(22)24(29)31)14-21(30)26-12-17-8-10-19(25)11-9-17/h3-11,13,15-16H,12,14H2,1-2H3,(H,26,30). The summed E-state index contributed by atoms with van der Waals surface area (Å²) in [5.74, 6) is -0.573. The zero-order valence-corrected chi connectivity index (χ0v) is 17.4. The lowest BCUT2D eigenvalue weighted by atomic mass is 10.1. The van der Waals surface area contributed by atoms with Crippen LogP contribution in [0.5, 0.6) is 0 Å². The van der Waals surface area contributed by atoms with Crippen molar-refractivity contribution in [1.29, 1.82) is 0 Å². The molecule has 0 aliphatic rings. The van der Waals surface area contributed by atoms with Crippen molar-refractivity contribution in [3.05, 3.63) is 88.9 Å². The van der Waals surface area contributed by atoms with Gasteiger partial charge in [-0.05, 0) is 37.1 Å². The predicted molar refractivity (Wildman–Crippen MR) is 118 cm³/mol. The fourth-order valence-electron chi connectivity index (χ4n) is 3.53. The van der Waals surface area contributed by atoms with Crippen LogP contribution in [0.2, 0.25) is 0 Å². The SMILES string of the molecule is CC(C)n1cnc2c(-c3ccccc3)cn(CC(=O)NCc3ccc(F)cc3)c2c1=O. The molecule has 0 atom stereocenters. The quantitative estimate of drug-likeness (QED) is 0.516. The molecule has 0 fully saturated rings. The average molecular weight is 418 g/mol. The maximum Gasteiger partial charge on any atom is 0.278 e. The van der Waals surface area contributed by atoms with Crippen LogP contribution in [0.3, 0.4) is 0 Å². The summed E-state index contributed by atoms with van der Waals surface area (Å²) < 4.78 is 16.3. The van der Waals surface area contributed by atoms with Gasteiger partial charge in [-0.25, -0.2) is 9.37 Å². The smallest absolute Gasteiger partial charge is 0.278 e. The Hall–Kier alpha value is -3.74. The number of nitrogens with zero attached hydrogens (tertiary/aromatic N) is 3. The summed E-state index contributed by atoms with van der Waals surface area (Å²) in [7, 11) is 0. The Bertz CT molecular complexity index is 1270. The van der Waals surface area contributed by atoms with E-state index in [1.54, 1.807) is 33.8 Å². The number of carbonyl (C=O) groups is 1. The van der Waals surface area contributed by atoms with Crippen molar-refractivity contribution < 1.29 is 9.18 Å². The third-order valence-electron chi connectivity index (χ3n) is 5.16. The Morgan fingerprint density at radius 2 is 1.81 bits per heavy atom. The molecule has 0 saturated heterocycles. The van der Waals surface area contributed by atoms with Crippen molar-refractivity contribution in [3.63, 3.8) is 0 Å². The van der Waals surface area contributed by atoms with Crippen LogP contribution in [-0.2, 0) is 17.9 Å². The first-order valence-electron chi connectivity index (χ1n) is 10.1. The molecule has 6 nitrogen and oxygen atoms in total. The Kier molecular flexibility index (Phi) is 5.66. The molecule has 7 heteroatoms. The van der Waals surface area contributed by atoms with Crippen molar-refractivity contribution in [2.24, 2.45) is 0 Å². The van der Waals surface area contributed by atoms with Crippen LogP contribution in [0.1, 0.15) is 25.5 Å². The van der Waals surface area contributed by atoms with E-state index in [1.165, 1.54) is 12.1 Å². The van der Waals surface area contributed by atoms with Gasteiger partial charge in [0.1, 0.15) is 23.4 Å². The van der Waals surface area contributed by atoms with Gasteiger partial charge in [0.05, 0.1) is 6.33 Å². The molecule has 2 aromatic carbocycles. The number of nitrogens with one attached hydrogen (secondary N) is 1. The number of aromatic nitrogens is 3. The van der Waals surface area contributed by atoms with Crippen molar-refractivity contribution in [2.45, 2.75) is 33.0 Å². The lowest BCUT2D eigenvalue weighted by Crippen LogP contribution is -2.29. The van der Waals surface area contributed by atoms with Crippen LogP contribution < -0.4 is 10.9 Å². The molecule has 158 valence electrons. The molecular formula is C24H23FN4O2. The minimum absolute atomic E-state index is 0.0242. The van der Waals surface area contributed by atoms with E-state index >= 15 is 0 Å². The molecule has 0 unspecified atom stereocenters. The summed E-state index contributed by atoms with van der Waals surface area (Å²) in [4.78, 5) is 30.3. The normalized spacial score (nSPS) is 11.2. The van der Waals surface area contributed by atoms with Gasteiger partial charge in [0.2, 0.25) is 5.91 Å². The monoisotopic (exact) mass is 418 g/mol. The van der Waals surface area contributed by atoms with Crippen LogP contribution in [0, 0.1) is 5.82 Å². The van der Waals surface area contributed by atoms with Gasteiger partial charge < -0.3 is 9.88 Å². The second-order valence-electron chi connectivity index (χ2n) is 7.69. The molecule has 0 spiro atoms. The second-order valence-corrected chi connectivity index (χ2v) is 7.69. The largest absolute Gasteiger partial charge is 0.350 e. The number of rotatable bonds is 6. The number of carbonyl (C=O) groups excluding carboxylic acids is 1. The van der Waals surface area contributed by atoms with Crippen LogP contribution in [0.15, 0.2) is 71.9 Å². The zero-order valence-electron chi connectivity index (χ0n) is 17.4. The zero-order chi connectivity index (χ0) is 22.0. The number of fused-ring (bicyclic) bond motifs is 1. The van der Waals surface area contributed by atoms with E-state index in [0.717, 1.165) is 16.7 Å². The first-order valence-corrected chi connectivity index (χ1v) is 10.1. The van der Waals surface area contributed by atoms with E-state index in [9.17, 15) is 14.0 Å². The van der Waals surface area contributed by atoms with E-state index in [-0.39, 0.29) is 36.4 Å². The lowest BCUT2D eigenvalue weighted by Gasteiger charge is -2.11. The number of amides is 1.